The SMILES string of the molecule is CC1CC(C)C(C)N(c2cc(Br)cc(C#N)c2)C1. The molecule has 1 heterocycles. The number of benzene rings is 1. The van der Waals surface area contributed by atoms with Crippen LogP contribution in [-0.2, 0) is 0 Å². The van der Waals surface area contributed by atoms with Gasteiger partial charge in [0.25, 0.3) is 0 Å². The van der Waals surface area contributed by atoms with Crippen molar-refractivity contribution in [1.29, 1.82) is 5.26 Å². The van der Waals surface area contributed by atoms with Crippen molar-refractivity contribution >= 4 is 21.6 Å². The van der Waals surface area contributed by atoms with Crippen LogP contribution in [0.25, 0.3) is 0 Å². The van der Waals surface area contributed by atoms with Crippen molar-refractivity contribution in [3.8, 4) is 6.07 Å². The van der Waals surface area contributed by atoms with E-state index in [0.717, 1.165) is 22.3 Å². The Morgan fingerprint density at radius 2 is 2.00 bits per heavy atom. The lowest BCUT2D eigenvalue weighted by atomic mass is 9.85. The smallest absolute Gasteiger partial charge is 0.0992 e. The van der Waals surface area contributed by atoms with Gasteiger partial charge < -0.3 is 4.90 Å². The Morgan fingerprint density at radius 3 is 2.67 bits per heavy atom. The fourth-order valence-electron chi connectivity index (χ4n) is 2.86. The fourth-order valence-corrected chi connectivity index (χ4v) is 3.34. The maximum Gasteiger partial charge on any atom is 0.0992 e. The third-order valence-corrected chi connectivity index (χ3v) is 4.40. The molecule has 1 aliphatic rings. The average molecular weight is 307 g/mol. The summed E-state index contributed by atoms with van der Waals surface area (Å²) in [6, 6.07) is 8.73. The first kappa shape index (κ1) is 13.4. The lowest BCUT2D eigenvalue weighted by Crippen LogP contribution is -2.45. The van der Waals surface area contributed by atoms with Crippen LogP contribution in [-0.4, -0.2) is 12.6 Å². The molecule has 0 saturated carbocycles. The van der Waals surface area contributed by atoms with Gasteiger partial charge in [-0.3, -0.25) is 0 Å². The number of hydrogen-bond acceptors (Lipinski definition) is 2. The predicted octanol–water partition coefficient (Wildman–Crippen LogP) is 4.19. The van der Waals surface area contributed by atoms with Gasteiger partial charge in [-0.25, -0.2) is 0 Å². The first-order chi connectivity index (χ1) is 8.51. The Labute approximate surface area is 118 Å². The van der Waals surface area contributed by atoms with Gasteiger partial charge in [-0.05, 0) is 43.4 Å². The molecule has 0 amide bonds. The molecule has 0 aromatic heterocycles. The molecule has 1 fully saturated rings. The van der Waals surface area contributed by atoms with Gasteiger partial charge in [0, 0.05) is 22.7 Å². The van der Waals surface area contributed by atoms with Gasteiger partial charge >= 0.3 is 0 Å². The molecule has 0 N–H and O–H groups in total. The van der Waals surface area contributed by atoms with Crippen LogP contribution in [0.4, 0.5) is 5.69 Å². The van der Waals surface area contributed by atoms with Gasteiger partial charge in [0.2, 0.25) is 0 Å². The minimum absolute atomic E-state index is 0.530. The molecule has 0 spiro atoms. The first-order valence-corrected chi connectivity index (χ1v) is 7.28. The summed E-state index contributed by atoms with van der Waals surface area (Å²) in [6.45, 7) is 7.98. The number of halogens is 1. The van der Waals surface area contributed by atoms with E-state index in [1.54, 1.807) is 0 Å². The molecule has 1 aromatic carbocycles. The van der Waals surface area contributed by atoms with Crippen molar-refractivity contribution < 1.29 is 0 Å². The maximum absolute atomic E-state index is 9.07. The summed E-state index contributed by atoms with van der Waals surface area (Å²) in [7, 11) is 0. The van der Waals surface area contributed by atoms with Crippen LogP contribution in [0, 0.1) is 23.2 Å². The van der Waals surface area contributed by atoms with Gasteiger partial charge in [0.05, 0.1) is 11.6 Å². The zero-order valence-electron chi connectivity index (χ0n) is 11.2. The molecule has 1 aliphatic heterocycles. The van der Waals surface area contributed by atoms with E-state index in [0.29, 0.717) is 17.9 Å². The number of rotatable bonds is 1. The minimum atomic E-state index is 0.530. The zero-order chi connectivity index (χ0) is 13.3. The molecule has 96 valence electrons. The van der Waals surface area contributed by atoms with Gasteiger partial charge in [0.1, 0.15) is 0 Å². The largest absolute Gasteiger partial charge is 0.368 e. The number of anilines is 1. The molecule has 0 radical (unpaired) electrons. The molecule has 2 rings (SSSR count). The van der Waals surface area contributed by atoms with Crippen LogP contribution >= 0.6 is 15.9 Å². The van der Waals surface area contributed by atoms with Crippen LogP contribution in [0.3, 0.4) is 0 Å². The highest BCUT2D eigenvalue weighted by Crippen LogP contribution is 2.33. The van der Waals surface area contributed by atoms with Gasteiger partial charge in [-0.2, -0.15) is 5.26 Å². The van der Waals surface area contributed by atoms with E-state index >= 15 is 0 Å². The van der Waals surface area contributed by atoms with Crippen molar-refractivity contribution in [2.45, 2.75) is 33.2 Å². The maximum atomic E-state index is 9.07. The van der Waals surface area contributed by atoms with Crippen LogP contribution in [0.1, 0.15) is 32.8 Å². The lowest BCUT2D eigenvalue weighted by Gasteiger charge is -2.42. The molecule has 3 unspecified atom stereocenters. The zero-order valence-corrected chi connectivity index (χ0v) is 12.7. The normalized spacial score (nSPS) is 27.9. The third kappa shape index (κ3) is 2.70. The topological polar surface area (TPSA) is 27.0 Å². The molecule has 1 saturated heterocycles. The molecule has 1 aromatic rings. The first-order valence-electron chi connectivity index (χ1n) is 6.48. The summed E-state index contributed by atoms with van der Waals surface area (Å²) >= 11 is 3.49. The van der Waals surface area contributed by atoms with Crippen LogP contribution in [0.5, 0.6) is 0 Å². The number of piperidine rings is 1. The van der Waals surface area contributed by atoms with Crippen molar-refractivity contribution in [1.82, 2.24) is 0 Å². The molecule has 18 heavy (non-hydrogen) atoms. The highest BCUT2D eigenvalue weighted by atomic mass is 79.9. The molecular formula is C15H19BrN2. The quantitative estimate of drug-likeness (QED) is 0.778. The average Bonchev–Trinajstić information content (AvgIpc) is 2.32. The second kappa shape index (κ2) is 5.32. The number of nitriles is 1. The summed E-state index contributed by atoms with van der Waals surface area (Å²) in [4.78, 5) is 2.43. The lowest BCUT2D eigenvalue weighted by molar-refractivity contribution is 0.297. The van der Waals surface area contributed by atoms with E-state index in [2.05, 4.69) is 53.7 Å². The Morgan fingerprint density at radius 1 is 1.28 bits per heavy atom. The third-order valence-electron chi connectivity index (χ3n) is 3.94. The summed E-state index contributed by atoms with van der Waals surface area (Å²) in [5.74, 6) is 1.40. The minimum Gasteiger partial charge on any atom is -0.368 e. The van der Waals surface area contributed by atoms with Crippen molar-refractivity contribution in [2.75, 3.05) is 11.4 Å². The van der Waals surface area contributed by atoms with Crippen molar-refractivity contribution in [3.63, 3.8) is 0 Å². The van der Waals surface area contributed by atoms with Crippen LogP contribution in [0.2, 0.25) is 0 Å². The number of nitrogens with zero attached hydrogens (tertiary/aromatic N) is 2. The summed E-state index contributed by atoms with van der Waals surface area (Å²) in [5, 5.41) is 9.07. The summed E-state index contributed by atoms with van der Waals surface area (Å²) < 4.78 is 0.981. The van der Waals surface area contributed by atoms with E-state index in [4.69, 9.17) is 5.26 Å². The van der Waals surface area contributed by atoms with E-state index in [9.17, 15) is 0 Å². The van der Waals surface area contributed by atoms with E-state index in [1.165, 1.54) is 6.42 Å². The second-order valence-corrected chi connectivity index (χ2v) is 6.44. The van der Waals surface area contributed by atoms with Crippen molar-refractivity contribution in [2.24, 2.45) is 11.8 Å². The molecule has 3 heteroatoms. The summed E-state index contributed by atoms with van der Waals surface area (Å²) in [6.07, 6.45) is 1.29. The van der Waals surface area contributed by atoms with E-state index in [-0.39, 0.29) is 0 Å². The second-order valence-electron chi connectivity index (χ2n) is 5.52. The highest BCUT2D eigenvalue weighted by Gasteiger charge is 2.29. The van der Waals surface area contributed by atoms with Gasteiger partial charge in [0.15, 0.2) is 0 Å². The monoisotopic (exact) mass is 306 g/mol. The van der Waals surface area contributed by atoms with Gasteiger partial charge in [-0.15, -0.1) is 0 Å². The predicted molar refractivity (Wildman–Crippen MR) is 78.6 cm³/mol. The molecule has 2 nitrogen and oxygen atoms in total. The Kier molecular flexibility index (Phi) is 3.97. The fraction of sp³-hybridized carbons (Fsp3) is 0.533. The van der Waals surface area contributed by atoms with E-state index < -0.39 is 0 Å². The Bertz CT molecular complexity index is 478. The Balaban J connectivity index is 2.35. The van der Waals surface area contributed by atoms with Crippen molar-refractivity contribution in [3.05, 3.63) is 28.2 Å². The number of hydrogen-bond donors (Lipinski definition) is 0. The van der Waals surface area contributed by atoms with Crippen LogP contribution in [0.15, 0.2) is 22.7 Å². The highest BCUT2D eigenvalue weighted by molar-refractivity contribution is 9.10. The standard InChI is InChI=1S/C15H19BrN2/c1-10-4-11(2)12(3)18(9-10)15-6-13(8-17)5-14(16)7-15/h5-7,10-12H,4,9H2,1-3H3. The molecule has 3 atom stereocenters. The van der Waals surface area contributed by atoms with E-state index in [1.807, 2.05) is 12.1 Å². The van der Waals surface area contributed by atoms with Crippen LogP contribution < -0.4 is 4.90 Å². The Hall–Kier alpha value is -1.01. The molecular weight excluding hydrogens is 288 g/mol. The molecule has 0 bridgehead atoms. The van der Waals surface area contributed by atoms with Gasteiger partial charge in [-0.1, -0.05) is 29.8 Å². The molecule has 0 aliphatic carbocycles. The summed E-state index contributed by atoms with van der Waals surface area (Å²) in [5.41, 5.74) is 1.88.